The lowest BCUT2D eigenvalue weighted by molar-refractivity contribution is -0.140. The number of ether oxygens (including phenoxy) is 1. The number of sulfonamides is 1. The number of nitrogens with one attached hydrogen (secondary N) is 3. The van der Waals surface area contributed by atoms with Gasteiger partial charge in [0.05, 0.1) is 27.1 Å². The molecule has 2 aliphatic heterocycles. The van der Waals surface area contributed by atoms with Crippen LogP contribution >= 0.6 is 11.3 Å². The Kier molecular flexibility index (Phi) is 9.94. The Morgan fingerprint density at radius 3 is 2.63 bits per heavy atom. The summed E-state index contributed by atoms with van der Waals surface area (Å²) in [5.74, 6) is -3.83. The fourth-order valence-electron chi connectivity index (χ4n) is 7.19. The van der Waals surface area contributed by atoms with Crippen LogP contribution in [0.1, 0.15) is 75.8 Å². The van der Waals surface area contributed by atoms with Crippen molar-refractivity contribution in [3.8, 4) is 5.19 Å². The number of amides is 3. The van der Waals surface area contributed by atoms with Crippen molar-refractivity contribution in [1.29, 1.82) is 0 Å². The number of anilines is 1. The fraction of sp³-hybridized carbons (Fsp3) is 0.514. The number of aryl methyl sites for hydroxylation is 1. The predicted octanol–water partition coefficient (Wildman–Crippen LogP) is 5.99. The molecule has 2 aliphatic carbocycles. The minimum Gasteiger partial charge on any atom is -0.465 e. The van der Waals surface area contributed by atoms with Gasteiger partial charge in [0, 0.05) is 18.0 Å². The van der Waals surface area contributed by atoms with Gasteiger partial charge in [-0.1, -0.05) is 42.4 Å². The average molecular weight is 792 g/mol. The van der Waals surface area contributed by atoms with Crippen LogP contribution in [0.3, 0.4) is 0 Å². The van der Waals surface area contributed by atoms with Crippen molar-refractivity contribution in [2.24, 2.45) is 5.92 Å². The molecule has 4 aliphatic rings. The van der Waals surface area contributed by atoms with E-state index in [0.717, 1.165) is 22.4 Å². The Hall–Kier alpha value is -4.25. The number of hydrogen-bond donors (Lipinski definition) is 3. The Bertz CT molecular complexity index is 2120. The van der Waals surface area contributed by atoms with Crippen LogP contribution < -0.4 is 20.1 Å². The smallest absolute Gasteiger partial charge is 0.416 e. The standard InChI is InChI=1S/C37H41F4N5O6S2/c1-21-10-11-27-30(14-21)53-34(43-27)52-26-18-29-31(47)44-36(33(49)45-54(50,51)35(2)12-13-35)19-22(36)8-6-4-3-5-7-9-28(32(48)46(29)20-26)42-25-16-23(37(39,40)41)15-24(38)17-25/h6,8,10-11,14-17,22,26,28-29,42H,3-5,7,9,12-13,18-20H2,1-2H3,(H,44,47)(H,45,49)/b8-6-/t22-,26-,28+,29+,36-/m1/s1. The summed E-state index contributed by atoms with van der Waals surface area (Å²) in [5.41, 5.74) is -1.33. The van der Waals surface area contributed by atoms with E-state index in [1.54, 1.807) is 13.0 Å². The third-order valence-electron chi connectivity index (χ3n) is 10.8. The zero-order valence-corrected chi connectivity index (χ0v) is 31.3. The third-order valence-corrected chi connectivity index (χ3v) is 13.9. The summed E-state index contributed by atoms with van der Waals surface area (Å²) in [6, 6.07) is 5.34. The molecule has 3 fully saturated rings. The van der Waals surface area contributed by atoms with E-state index < -0.39 is 79.7 Å². The summed E-state index contributed by atoms with van der Waals surface area (Å²) in [6.45, 7) is 3.39. The summed E-state index contributed by atoms with van der Waals surface area (Å²) in [5, 5.41) is 5.94. The molecule has 3 N–H and O–H groups in total. The van der Waals surface area contributed by atoms with Crippen LogP contribution in [0.5, 0.6) is 5.19 Å². The molecule has 5 atom stereocenters. The van der Waals surface area contributed by atoms with Gasteiger partial charge >= 0.3 is 6.18 Å². The average Bonchev–Trinajstić information content (AvgIpc) is 3.91. The lowest BCUT2D eigenvalue weighted by atomic mass is 10.0. The van der Waals surface area contributed by atoms with Crippen molar-refractivity contribution in [3.05, 3.63) is 65.5 Å². The second-order valence-corrected chi connectivity index (χ2v) is 18.3. The van der Waals surface area contributed by atoms with Gasteiger partial charge in [0.1, 0.15) is 29.5 Å². The molecule has 17 heteroatoms. The van der Waals surface area contributed by atoms with Crippen LogP contribution in [0, 0.1) is 18.7 Å². The molecule has 7 rings (SSSR count). The highest BCUT2D eigenvalue weighted by Crippen LogP contribution is 2.47. The van der Waals surface area contributed by atoms with Crippen LogP contribution in [-0.4, -0.2) is 71.0 Å². The van der Waals surface area contributed by atoms with Crippen LogP contribution in [0.4, 0.5) is 23.2 Å². The number of alkyl halides is 3. The maximum Gasteiger partial charge on any atom is 0.416 e. The van der Waals surface area contributed by atoms with Crippen LogP contribution in [-0.2, 0) is 30.6 Å². The van der Waals surface area contributed by atoms with E-state index in [9.17, 15) is 40.4 Å². The van der Waals surface area contributed by atoms with Gasteiger partial charge in [0.15, 0.2) is 0 Å². The largest absolute Gasteiger partial charge is 0.465 e. The predicted molar refractivity (Wildman–Crippen MR) is 194 cm³/mol. The van der Waals surface area contributed by atoms with E-state index in [4.69, 9.17) is 4.74 Å². The molecule has 0 radical (unpaired) electrons. The first-order valence-corrected chi connectivity index (χ1v) is 20.3. The van der Waals surface area contributed by atoms with Crippen molar-refractivity contribution >= 4 is 55.0 Å². The Labute approximate surface area is 314 Å². The topological polar surface area (TPSA) is 147 Å². The molecule has 0 spiro atoms. The number of hydrogen-bond acceptors (Lipinski definition) is 9. The number of thiazole rings is 1. The summed E-state index contributed by atoms with van der Waals surface area (Å²) in [7, 11) is -4.04. The number of nitrogens with zero attached hydrogens (tertiary/aromatic N) is 2. The molecule has 3 amide bonds. The van der Waals surface area contributed by atoms with Crippen molar-refractivity contribution in [2.45, 2.75) is 106 Å². The van der Waals surface area contributed by atoms with Crippen molar-refractivity contribution in [1.82, 2.24) is 19.9 Å². The fourth-order valence-corrected chi connectivity index (χ4v) is 9.48. The van der Waals surface area contributed by atoms with Gasteiger partial charge in [-0.05, 0) is 88.3 Å². The van der Waals surface area contributed by atoms with E-state index in [2.05, 4.69) is 20.3 Å². The number of fused-ring (bicyclic) bond motifs is 3. The van der Waals surface area contributed by atoms with Crippen LogP contribution in [0.15, 0.2) is 48.6 Å². The molecule has 1 saturated heterocycles. The highest BCUT2D eigenvalue weighted by Gasteiger charge is 2.63. The summed E-state index contributed by atoms with van der Waals surface area (Å²) in [4.78, 5) is 48.4. The van der Waals surface area contributed by atoms with Gasteiger partial charge in [0.2, 0.25) is 21.8 Å². The number of carbonyl (C=O) groups excluding carboxylic acids is 3. The lowest BCUT2D eigenvalue weighted by Gasteiger charge is -2.30. The van der Waals surface area contributed by atoms with Crippen molar-refractivity contribution in [3.63, 3.8) is 0 Å². The Balaban J connectivity index is 1.20. The van der Waals surface area contributed by atoms with Crippen LogP contribution in [0.2, 0.25) is 0 Å². The molecule has 11 nitrogen and oxygen atoms in total. The molecule has 2 saturated carbocycles. The number of halogens is 4. The highest BCUT2D eigenvalue weighted by atomic mass is 32.2. The van der Waals surface area contributed by atoms with E-state index in [1.165, 1.54) is 16.2 Å². The van der Waals surface area contributed by atoms with Crippen molar-refractivity contribution in [2.75, 3.05) is 11.9 Å². The first-order valence-electron chi connectivity index (χ1n) is 18.0. The zero-order valence-electron chi connectivity index (χ0n) is 29.7. The normalized spacial score (nSPS) is 27.9. The minimum absolute atomic E-state index is 0.0218. The SMILES string of the molecule is Cc1ccc2nc(O[C@@H]3C[C@H]4C(=O)N[C@]5(C(=O)NS(=O)(=O)C6(C)CC6)C[C@H]5/C=C\CCCCC[C@H](Nc5cc(F)cc(C(F)(F)F)c5)C(=O)N4C3)sc2c1. The molecule has 2 aromatic carbocycles. The molecule has 0 bridgehead atoms. The van der Waals surface area contributed by atoms with Gasteiger partial charge < -0.3 is 20.3 Å². The Morgan fingerprint density at radius 2 is 1.89 bits per heavy atom. The number of allylic oxidation sites excluding steroid dienone is 1. The van der Waals surface area contributed by atoms with Gasteiger partial charge in [-0.2, -0.15) is 13.2 Å². The monoisotopic (exact) mass is 791 g/mol. The molecular weight excluding hydrogens is 751 g/mol. The first kappa shape index (κ1) is 38.0. The number of rotatable bonds is 7. The second kappa shape index (κ2) is 14.1. The van der Waals surface area contributed by atoms with E-state index >= 15 is 0 Å². The van der Waals surface area contributed by atoms with Gasteiger partial charge in [-0.3, -0.25) is 19.1 Å². The highest BCUT2D eigenvalue weighted by molar-refractivity contribution is 7.91. The van der Waals surface area contributed by atoms with Crippen molar-refractivity contribution < 1.29 is 45.1 Å². The maximum absolute atomic E-state index is 14.5. The lowest BCUT2D eigenvalue weighted by Crippen LogP contribution is -2.58. The van der Waals surface area contributed by atoms with E-state index in [1.807, 2.05) is 31.2 Å². The zero-order chi connectivity index (χ0) is 38.6. The molecule has 290 valence electrons. The number of benzene rings is 2. The Morgan fingerprint density at radius 1 is 1.11 bits per heavy atom. The minimum atomic E-state index is -4.83. The summed E-state index contributed by atoms with van der Waals surface area (Å²) >= 11 is 1.30. The summed E-state index contributed by atoms with van der Waals surface area (Å²) < 4.78 is 89.7. The molecule has 0 unspecified atom stereocenters. The molecular formula is C37H41F4N5O6S2. The molecule has 3 heterocycles. The number of carbonyl (C=O) groups is 3. The molecule has 54 heavy (non-hydrogen) atoms. The quantitative estimate of drug-likeness (QED) is 0.196. The second-order valence-electron chi connectivity index (χ2n) is 15.1. The van der Waals surface area contributed by atoms with Crippen LogP contribution in [0.25, 0.3) is 10.2 Å². The number of aromatic nitrogens is 1. The molecule has 1 aromatic heterocycles. The third kappa shape index (κ3) is 7.79. The van der Waals surface area contributed by atoms with Gasteiger partial charge in [-0.15, -0.1) is 0 Å². The van der Waals surface area contributed by atoms with E-state index in [-0.39, 0.29) is 31.5 Å². The summed E-state index contributed by atoms with van der Waals surface area (Å²) in [6.07, 6.45) is 1.60. The van der Waals surface area contributed by atoms with Gasteiger partial charge in [0.25, 0.3) is 11.1 Å². The first-order chi connectivity index (χ1) is 25.5. The van der Waals surface area contributed by atoms with E-state index in [0.29, 0.717) is 55.3 Å². The maximum atomic E-state index is 14.5. The molecule has 3 aromatic rings. The van der Waals surface area contributed by atoms with Gasteiger partial charge in [-0.25, -0.2) is 17.8 Å².